The zero-order valence-corrected chi connectivity index (χ0v) is 9.88. The molecule has 1 aromatic rings. The van der Waals surface area contributed by atoms with E-state index in [1.807, 2.05) is 6.92 Å². The Hall–Kier alpha value is -1.08. The van der Waals surface area contributed by atoms with Gasteiger partial charge in [-0.15, -0.1) is 0 Å². The van der Waals surface area contributed by atoms with Crippen molar-refractivity contribution in [3.8, 4) is 0 Å². The first kappa shape index (κ1) is 14.0. The summed E-state index contributed by atoms with van der Waals surface area (Å²) in [7, 11) is 1.74. The van der Waals surface area contributed by atoms with Crippen LogP contribution in [0.5, 0.6) is 0 Å². The highest BCUT2D eigenvalue weighted by Crippen LogP contribution is 2.28. The molecule has 1 aromatic heterocycles. The minimum absolute atomic E-state index is 0.0846. The molecule has 17 heavy (non-hydrogen) atoms. The fourth-order valence-corrected chi connectivity index (χ4v) is 1.76. The average molecular weight is 250 g/mol. The smallest absolute Gasteiger partial charge is 0.275 e. The van der Waals surface area contributed by atoms with Crippen LogP contribution in [0.15, 0.2) is 6.20 Å². The third-order valence-corrected chi connectivity index (χ3v) is 2.57. The molecule has 0 saturated heterocycles. The van der Waals surface area contributed by atoms with Crippen LogP contribution >= 0.6 is 0 Å². The lowest BCUT2D eigenvalue weighted by molar-refractivity contribution is -0.136. The van der Waals surface area contributed by atoms with E-state index < -0.39 is 18.6 Å². The number of hydrogen-bond donors (Lipinski definition) is 2. The molecule has 1 unspecified atom stereocenters. The number of halogens is 3. The molecule has 1 heterocycles. The Balaban J connectivity index is 2.78. The lowest BCUT2D eigenvalue weighted by Crippen LogP contribution is -2.29. The zero-order chi connectivity index (χ0) is 13.1. The number of nitrogens with zero attached hydrogens (tertiary/aromatic N) is 2. The molecule has 0 bridgehead atoms. The second kappa shape index (κ2) is 5.50. The van der Waals surface area contributed by atoms with Crippen LogP contribution in [0.3, 0.4) is 0 Å². The van der Waals surface area contributed by atoms with Gasteiger partial charge in [-0.3, -0.25) is 16.0 Å². The average Bonchev–Trinajstić information content (AvgIpc) is 2.59. The Morgan fingerprint density at radius 1 is 1.53 bits per heavy atom. The monoisotopic (exact) mass is 250 g/mol. The summed E-state index contributed by atoms with van der Waals surface area (Å²) in [6.07, 6.45) is -2.73. The zero-order valence-electron chi connectivity index (χ0n) is 9.88. The second-order valence-electron chi connectivity index (χ2n) is 3.93. The minimum Gasteiger partial charge on any atom is -0.275 e. The van der Waals surface area contributed by atoms with E-state index in [2.05, 4.69) is 10.5 Å². The van der Waals surface area contributed by atoms with Gasteiger partial charge < -0.3 is 0 Å². The first-order valence-corrected chi connectivity index (χ1v) is 5.42. The van der Waals surface area contributed by atoms with Crippen molar-refractivity contribution in [3.05, 3.63) is 17.5 Å². The van der Waals surface area contributed by atoms with Crippen LogP contribution in [0, 0.1) is 0 Å². The molecule has 4 nitrogen and oxygen atoms in total. The summed E-state index contributed by atoms with van der Waals surface area (Å²) in [4.78, 5) is 0. The van der Waals surface area contributed by atoms with Gasteiger partial charge in [-0.2, -0.15) is 18.3 Å². The van der Waals surface area contributed by atoms with Gasteiger partial charge in [0, 0.05) is 31.3 Å². The highest BCUT2D eigenvalue weighted by atomic mass is 19.4. The second-order valence-corrected chi connectivity index (χ2v) is 3.93. The first-order valence-electron chi connectivity index (χ1n) is 5.42. The van der Waals surface area contributed by atoms with Crippen molar-refractivity contribution in [3.63, 3.8) is 0 Å². The molecule has 1 atom stereocenters. The van der Waals surface area contributed by atoms with Crippen molar-refractivity contribution in [2.75, 3.05) is 0 Å². The number of aromatic nitrogens is 2. The largest absolute Gasteiger partial charge is 0.389 e. The third-order valence-electron chi connectivity index (χ3n) is 2.57. The molecule has 0 radical (unpaired) electrons. The SMILES string of the molecule is CCc1nn(C)cc1C(CCC(F)(F)F)NN. The Kier molecular flexibility index (Phi) is 4.53. The summed E-state index contributed by atoms with van der Waals surface area (Å²) in [5, 5.41) is 4.18. The molecule has 0 amide bonds. The van der Waals surface area contributed by atoms with Crippen molar-refractivity contribution in [2.24, 2.45) is 12.9 Å². The van der Waals surface area contributed by atoms with Crippen LogP contribution in [0.2, 0.25) is 0 Å². The number of hydrazine groups is 1. The Bertz CT molecular complexity index is 359. The van der Waals surface area contributed by atoms with Gasteiger partial charge >= 0.3 is 6.18 Å². The Morgan fingerprint density at radius 2 is 2.18 bits per heavy atom. The Labute approximate surface area is 97.9 Å². The maximum atomic E-state index is 12.2. The van der Waals surface area contributed by atoms with Crippen LogP contribution in [0.25, 0.3) is 0 Å². The summed E-state index contributed by atoms with van der Waals surface area (Å²) in [5.41, 5.74) is 3.94. The lowest BCUT2D eigenvalue weighted by Gasteiger charge is -2.16. The van der Waals surface area contributed by atoms with E-state index in [0.29, 0.717) is 6.42 Å². The van der Waals surface area contributed by atoms with Crippen molar-refractivity contribution in [1.29, 1.82) is 0 Å². The summed E-state index contributed by atoms with van der Waals surface area (Å²) < 4.78 is 38.1. The van der Waals surface area contributed by atoms with Crippen LogP contribution in [0.1, 0.15) is 37.1 Å². The topological polar surface area (TPSA) is 55.9 Å². The highest BCUT2D eigenvalue weighted by Gasteiger charge is 2.29. The van der Waals surface area contributed by atoms with E-state index in [9.17, 15) is 13.2 Å². The first-order chi connectivity index (χ1) is 7.87. The third kappa shape index (κ3) is 4.01. The molecule has 0 aliphatic heterocycles. The molecule has 3 N–H and O–H groups in total. The van der Waals surface area contributed by atoms with Gasteiger partial charge in [0.15, 0.2) is 0 Å². The summed E-state index contributed by atoms with van der Waals surface area (Å²) in [6, 6.07) is -0.514. The fraction of sp³-hybridized carbons (Fsp3) is 0.700. The lowest BCUT2D eigenvalue weighted by atomic mass is 10.0. The van der Waals surface area contributed by atoms with Gasteiger partial charge in [-0.25, -0.2) is 0 Å². The van der Waals surface area contributed by atoms with E-state index in [-0.39, 0.29) is 6.42 Å². The summed E-state index contributed by atoms with van der Waals surface area (Å²) in [6.45, 7) is 1.91. The van der Waals surface area contributed by atoms with Crippen LogP contribution in [-0.2, 0) is 13.5 Å². The van der Waals surface area contributed by atoms with Gasteiger partial charge in [0.05, 0.1) is 5.69 Å². The quantitative estimate of drug-likeness (QED) is 0.619. The van der Waals surface area contributed by atoms with Gasteiger partial charge in [-0.1, -0.05) is 6.92 Å². The molecule has 0 saturated carbocycles. The predicted octanol–water partition coefficient (Wildman–Crippen LogP) is 1.83. The van der Waals surface area contributed by atoms with Gasteiger partial charge in [0.25, 0.3) is 0 Å². The van der Waals surface area contributed by atoms with Gasteiger partial charge in [0.2, 0.25) is 0 Å². The highest BCUT2D eigenvalue weighted by molar-refractivity contribution is 5.21. The van der Waals surface area contributed by atoms with Crippen molar-refractivity contribution < 1.29 is 13.2 Å². The molecule has 7 heteroatoms. The van der Waals surface area contributed by atoms with Crippen LogP contribution in [0.4, 0.5) is 13.2 Å². The fourth-order valence-electron chi connectivity index (χ4n) is 1.76. The van der Waals surface area contributed by atoms with Crippen molar-refractivity contribution in [2.45, 2.75) is 38.4 Å². The number of nitrogens with two attached hydrogens (primary N) is 1. The van der Waals surface area contributed by atoms with E-state index in [1.54, 1.807) is 17.9 Å². The molecular weight excluding hydrogens is 233 g/mol. The van der Waals surface area contributed by atoms with Crippen LogP contribution < -0.4 is 11.3 Å². The van der Waals surface area contributed by atoms with Gasteiger partial charge in [-0.05, 0) is 12.8 Å². The molecule has 0 aromatic carbocycles. The molecule has 0 aliphatic carbocycles. The Morgan fingerprint density at radius 3 is 2.65 bits per heavy atom. The maximum absolute atomic E-state index is 12.2. The predicted molar refractivity (Wildman–Crippen MR) is 57.9 cm³/mol. The molecule has 1 rings (SSSR count). The summed E-state index contributed by atoms with van der Waals surface area (Å²) >= 11 is 0. The maximum Gasteiger partial charge on any atom is 0.389 e. The number of aryl methyl sites for hydroxylation is 2. The van der Waals surface area contributed by atoms with Crippen molar-refractivity contribution in [1.82, 2.24) is 15.2 Å². The number of rotatable bonds is 5. The standard InChI is InChI=1S/C10H17F3N4/c1-3-8-7(6-17(2)16-8)9(15-14)4-5-10(11,12)13/h6,9,15H,3-5,14H2,1-2H3. The van der Waals surface area contributed by atoms with E-state index in [4.69, 9.17) is 5.84 Å². The van der Waals surface area contributed by atoms with E-state index >= 15 is 0 Å². The van der Waals surface area contributed by atoms with Crippen LogP contribution in [-0.4, -0.2) is 16.0 Å². The molecule has 0 fully saturated rings. The molecule has 0 aliphatic rings. The number of hydrogen-bond acceptors (Lipinski definition) is 3. The number of alkyl halides is 3. The van der Waals surface area contributed by atoms with Gasteiger partial charge in [0.1, 0.15) is 0 Å². The summed E-state index contributed by atoms with van der Waals surface area (Å²) in [5.74, 6) is 5.31. The molecular formula is C10H17F3N4. The molecule has 0 spiro atoms. The normalized spacial score (nSPS) is 14.0. The van der Waals surface area contributed by atoms with E-state index in [0.717, 1.165) is 11.3 Å². The van der Waals surface area contributed by atoms with E-state index in [1.165, 1.54) is 0 Å². The number of nitrogens with one attached hydrogen (secondary N) is 1. The molecule has 98 valence electrons. The minimum atomic E-state index is -4.16. The van der Waals surface area contributed by atoms with Crippen molar-refractivity contribution >= 4 is 0 Å².